The number of ether oxygens (including phenoxy) is 1. The van der Waals surface area contributed by atoms with Crippen LogP contribution in [0.3, 0.4) is 0 Å². The molecule has 0 saturated carbocycles. The van der Waals surface area contributed by atoms with Gasteiger partial charge in [0.2, 0.25) is 5.91 Å². The van der Waals surface area contributed by atoms with Crippen molar-refractivity contribution in [2.75, 3.05) is 33.4 Å². The number of amides is 1. The van der Waals surface area contributed by atoms with E-state index in [2.05, 4.69) is 10.6 Å². The number of aliphatic hydroxyl groups excluding tert-OH is 1. The highest BCUT2D eigenvalue weighted by Crippen LogP contribution is 2.31. The van der Waals surface area contributed by atoms with E-state index in [-0.39, 0.29) is 12.5 Å². The number of aliphatic hydroxyl groups is 1. The fourth-order valence-corrected chi connectivity index (χ4v) is 2.68. The Morgan fingerprint density at radius 1 is 1.37 bits per heavy atom. The van der Waals surface area contributed by atoms with Crippen LogP contribution in [0.1, 0.15) is 39.5 Å². The van der Waals surface area contributed by atoms with E-state index in [0.29, 0.717) is 6.61 Å². The van der Waals surface area contributed by atoms with Gasteiger partial charge in [0.15, 0.2) is 0 Å². The third kappa shape index (κ3) is 3.68. The Morgan fingerprint density at radius 2 is 1.95 bits per heavy atom. The van der Waals surface area contributed by atoms with E-state index in [9.17, 15) is 9.90 Å². The molecule has 0 aromatic rings. The van der Waals surface area contributed by atoms with E-state index >= 15 is 0 Å². The van der Waals surface area contributed by atoms with E-state index in [4.69, 9.17) is 4.74 Å². The highest BCUT2D eigenvalue weighted by atomic mass is 16.5. The lowest BCUT2D eigenvalue weighted by Crippen LogP contribution is -2.58. The molecule has 0 radical (unpaired) electrons. The van der Waals surface area contributed by atoms with Crippen molar-refractivity contribution < 1.29 is 14.6 Å². The molecular weight excluding hydrogens is 244 g/mol. The molecule has 19 heavy (non-hydrogen) atoms. The topological polar surface area (TPSA) is 70.6 Å². The number of carbonyl (C=O) groups excluding carboxylic acids is 1. The SMILES string of the molecule is CCC(CC)(CO)NC(=O)C1(COC)CCNCC1. The Morgan fingerprint density at radius 3 is 2.37 bits per heavy atom. The number of rotatable bonds is 7. The van der Waals surface area contributed by atoms with Gasteiger partial charge in [-0.25, -0.2) is 0 Å². The van der Waals surface area contributed by atoms with E-state index < -0.39 is 11.0 Å². The first-order valence-electron chi connectivity index (χ1n) is 7.21. The zero-order valence-electron chi connectivity index (χ0n) is 12.4. The van der Waals surface area contributed by atoms with Crippen molar-refractivity contribution in [2.24, 2.45) is 5.41 Å². The molecule has 1 heterocycles. The normalized spacial score (nSPS) is 19.2. The third-order valence-corrected chi connectivity index (χ3v) is 4.50. The van der Waals surface area contributed by atoms with Crippen molar-refractivity contribution in [1.82, 2.24) is 10.6 Å². The molecule has 0 aliphatic carbocycles. The average molecular weight is 272 g/mol. The number of hydrogen-bond donors (Lipinski definition) is 3. The summed E-state index contributed by atoms with van der Waals surface area (Å²) in [5.74, 6) is 0.0219. The molecule has 1 aliphatic rings. The van der Waals surface area contributed by atoms with E-state index in [1.165, 1.54) is 0 Å². The summed E-state index contributed by atoms with van der Waals surface area (Å²) in [4.78, 5) is 12.7. The Bertz CT molecular complexity index is 271. The quantitative estimate of drug-likeness (QED) is 0.637. The molecule has 0 spiro atoms. The van der Waals surface area contributed by atoms with Crippen LogP contribution in [-0.4, -0.2) is 50.0 Å². The molecule has 0 atom stereocenters. The summed E-state index contributed by atoms with van der Waals surface area (Å²) in [7, 11) is 1.63. The first-order chi connectivity index (χ1) is 9.08. The van der Waals surface area contributed by atoms with Gasteiger partial charge in [-0.1, -0.05) is 13.8 Å². The summed E-state index contributed by atoms with van der Waals surface area (Å²) in [5, 5.41) is 15.9. The maximum absolute atomic E-state index is 12.7. The van der Waals surface area contributed by atoms with Gasteiger partial charge in [-0.05, 0) is 38.8 Å². The molecule has 1 aliphatic heterocycles. The fourth-order valence-electron chi connectivity index (χ4n) is 2.68. The zero-order valence-corrected chi connectivity index (χ0v) is 12.4. The molecule has 112 valence electrons. The van der Waals surface area contributed by atoms with E-state index in [1.54, 1.807) is 7.11 Å². The monoisotopic (exact) mass is 272 g/mol. The van der Waals surface area contributed by atoms with Crippen molar-refractivity contribution in [3.63, 3.8) is 0 Å². The van der Waals surface area contributed by atoms with Crippen molar-refractivity contribution in [3.8, 4) is 0 Å². The summed E-state index contributed by atoms with van der Waals surface area (Å²) in [5.41, 5.74) is -0.951. The second-order valence-electron chi connectivity index (χ2n) is 5.56. The van der Waals surface area contributed by atoms with Gasteiger partial charge in [0.05, 0.1) is 24.2 Å². The highest BCUT2D eigenvalue weighted by molar-refractivity contribution is 5.83. The summed E-state index contributed by atoms with van der Waals surface area (Å²) in [6, 6.07) is 0. The van der Waals surface area contributed by atoms with Gasteiger partial charge in [-0.15, -0.1) is 0 Å². The van der Waals surface area contributed by atoms with Crippen molar-refractivity contribution in [2.45, 2.75) is 45.1 Å². The standard InChI is InChI=1S/C14H28N2O3/c1-4-14(5-2,10-17)16-12(18)13(11-19-3)6-8-15-9-7-13/h15,17H,4-11H2,1-3H3,(H,16,18). The van der Waals surface area contributed by atoms with E-state index in [0.717, 1.165) is 38.8 Å². The molecule has 1 fully saturated rings. The van der Waals surface area contributed by atoms with Crippen LogP contribution in [-0.2, 0) is 9.53 Å². The molecule has 1 amide bonds. The van der Waals surface area contributed by atoms with Gasteiger partial charge < -0.3 is 20.5 Å². The maximum Gasteiger partial charge on any atom is 0.229 e. The van der Waals surface area contributed by atoms with Gasteiger partial charge in [-0.2, -0.15) is 0 Å². The molecule has 1 rings (SSSR count). The van der Waals surface area contributed by atoms with Crippen LogP contribution in [0.15, 0.2) is 0 Å². The van der Waals surface area contributed by atoms with Gasteiger partial charge >= 0.3 is 0 Å². The van der Waals surface area contributed by atoms with Crippen molar-refractivity contribution in [1.29, 1.82) is 0 Å². The minimum atomic E-state index is -0.497. The van der Waals surface area contributed by atoms with Gasteiger partial charge in [0.25, 0.3) is 0 Å². The lowest BCUT2D eigenvalue weighted by atomic mass is 9.77. The van der Waals surface area contributed by atoms with Crippen LogP contribution in [0.2, 0.25) is 0 Å². The summed E-state index contributed by atoms with van der Waals surface area (Å²) < 4.78 is 5.27. The molecule has 5 heteroatoms. The van der Waals surface area contributed by atoms with Crippen LogP contribution >= 0.6 is 0 Å². The molecule has 5 nitrogen and oxygen atoms in total. The Hall–Kier alpha value is -0.650. The minimum absolute atomic E-state index is 0.0208. The number of carbonyl (C=O) groups is 1. The molecule has 1 saturated heterocycles. The Balaban J connectivity index is 2.82. The number of nitrogens with one attached hydrogen (secondary N) is 2. The first-order valence-corrected chi connectivity index (χ1v) is 7.21. The minimum Gasteiger partial charge on any atom is -0.394 e. The second kappa shape index (κ2) is 7.22. The van der Waals surface area contributed by atoms with Gasteiger partial charge in [-0.3, -0.25) is 4.79 Å². The van der Waals surface area contributed by atoms with Crippen LogP contribution in [0.4, 0.5) is 0 Å². The molecular formula is C14H28N2O3. The third-order valence-electron chi connectivity index (χ3n) is 4.50. The van der Waals surface area contributed by atoms with E-state index in [1.807, 2.05) is 13.8 Å². The summed E-state index contributed by atoms with van der Waals surface area (Å²) >= 11 is 0. The lowest BCUT2D eigenvalue weighted by molar-refractivity contribution is -0.139. The Kier molecular flexibility index (Phi) is 6.23. The zero-order chi connectivity index (χ0) is 14.4. The number of piperidine rings is 1. The van der Waals surface area contributed by atoms with Gasteiger partial charge in [0, 0.05) is 7.11 Å². The average Bonchev–Trinajstić information content (AvgIpc) is 2.46. The predicted octanol–water partition coefficient (Wildman–Crippen LogP) is 0.670. The largest absolute Gasteiger partial charge is 0.394 e. The maximum atomic E-state index is 12.7. The number of hydrogen-bond acceptors (Lipinski definition) is 4. The van der Waals surface area contributed by atoms with Crippen LogP contribution in [0.5, 0.6) is 0 Å². The van der Waals surface area contributed by atoms with Crippen molar-refractivity contribution >= 4 is 5.91 Å². The molecule has 0 aromatic carbocycles. The smallest absolute Gasteiger partial charge is 0.229 e. The highest BCUT2D eigenvalue weighted by Gasteiger charge is 2.42. The lowest BCUT2D eigenvalue weighted by Gasteiger charge is -2.40. The Labute approximate surface area is 116 Å². The van der Waals surface area contributed by atoms with Crippen molar-refractivity contribution in [3.05, 3.63) is 0 Å². The molecule has 0 aromatic heterocycles. The van der Waals surface area contributed by atoms with Gasteiger partial charge in [0.1, 0.15) is 0 Å². The van der Waals surface area contributed by atoms with Crippen LogP contribution in [0.25, 0.3) is 0 Å². The second-order valence-corrected chi connectivity index (χ2v) is 5.56. The first kappa shape index (κ1) is 16.4. The van der Waals surface area contributed by atoms with Crippen LogP contribution < -0.4 is 10.6 Å². The molecule has 0 bridgehead atoms. The molecule has 3 N–H and O–H groups in total. The summed E-state index contributed by atoms with van der Waals surface area (Å²) in [6.45, 7) is 6.07. The summed E-state index contributed by atoms with van der Waals surface area (Å²) in [6.07, 6.45) is 3.02. The van der Waals surface area contributed by atoms with Crippen LogP contribution in [0, 0.1) is 5.41 Å². The fraction of sp³-hybridized carbons (Fsp3) is 0.929. The predicted molar refractivity (Wildman–Crippen MR) is 75.0 cm³/mol. The number of methoxy groups -OCH3 is 1. The molecule has 0 unspecified atom stereocenters.